The van der Waals surface area contributed by atoms with Crippen molar-refractivity contribution < 1.29 is 14.3 Å². The zero-order valence-electron chi connectivity index (χ0n) is 11.8. The third-order valence-corrected chi connectivity index (χ3v) is 2.08. The lowest BCUT2D eigenvalue weighted by Gasteiger charge is -2.21. The van der Waals surface area contributed by atoms with Crippen LogP contribution in [0.2, 0.25) is 0 Å². The van der Waals surface area contributed by atoms with Gasteiger partial charge in [0, 0.05) is 6.54 Å². The molecule has 0 fully saturated rings. The molecule has 0 unspecified atom stereocenters. The number of nitrogens with two attached hydrogens (primary N) is 2. The van der Waals surface area contributed by atoms with Crippen LogP contribution in [0.1, 0.15) is 40.0 Å². The number of hydrogen-bond acceptors (Lipinski definition) is 4. The second kappa shape index (κ2) is 8.34. The summed E-state index contributed by atoms with van der Waals surface area (Å²) in [5.41, 5.74) is 9.79. The molecule has 0 spiro atoms. The number of carbonyl (C=O) groups is 2. The van der Waals surface area contributed by atoms with Crippen LogP contribution in [0.15, 0.2) is 4.99 Å². The van der Waals surface area contributed by atoms with Gasteiger partial charge in [0.25, 0.3) is 0 Å². The fourth-order valence-corrected chi connectivity index (χ4v) is 1.32. The van der Waals surface area contributed by atoms with Gasteiger partial charge in [-0.05, 0) is 40.0 Å². The van der Waals surface area contributed by atoms with Crippen LogP contribution >= 0.6 is 0 Å². The summed E-state index contributed by atoms with van der Waals surface area (Å²) in [5.74, 6) is 0.0545. The van der Waals surface area contributed by atoms with Crippen molar-refractivity contribution in [1.29, 1.82) is 0 Å². The van der Waals surface area contributed by atoms with Gasteiger partial charge in [0.1, 0.15) is 11.9 Å². The van der Waals surface area contributed by atoms with Crippen LogP contribution in [-0.4, -0.2) is 36.5 Å². The Bertz CT molecular complexity index is 319. The maximum absolute atomic E-state index is 11.5. The van der Waals surface area contributed by atoms with E-state index in [1.807, 2.05) is 0 Å². The van der Waals surface area contributed by atoms with E-state index in [1.165, 1.54) is 0 Å². The van der Waals surface area contributed by atoms with E-state index in [9.17, 15) is 9.59 Å². The summed E-state index contributed by atoms with van der Waals surface area (Å²) < 4.78 is 5.07. The molecule has 0 aromatic rings. The molecule has 0 saturated heterocycles. The highest BCUT2D eigenvalue weighted by Crippen LogP contribution is 2.07. The Kier molecular flexibility index (Phi) is 7.55. The molecule has 7 nitrogen and oxygen atoms in total. The van der Waals surface area contributed by atoms with E-state index in [-0.39, 0.29) is 5.96 Å². The van der Waals surface area contributed by atoms with Crippen molar-refractivity contribution in [3.05, 3.63) is 0 Å². The lowest BCUT2D eigenvalue weighted by molar-refractivity contribution is -0.109. The summed E-state index contributed by atoms with van der Waals surface area (Å²) >= 11 is 0. The van der Waals surface area contributed by atoms with Gasteiger partial charge in [-0.2, -0.15) is 0 Å². The molecule has 110 valence electrons. The number of amides is 1. The average Bonchev–Trinajstić information content (AvgIpc) is 2.24. The highest BCUT2D eigenvalue weighted by molar-refractivity contribution is 5.75. The molecule has 5 N–H and O–H groups in total. The molecule has 0 saturated carbocycles. The van der Waals surface area contributed by atoms with Gasteiger partial charge in [0.2, 0.25) is 0 Å². The molecule has 7 heteroatoms. The number of aldehydes is 1. The van der Waals surface area contributed by atoms with Crippen LogP contribution in [0, 0.1) is 0 Å². The molecule has 0 aromatic carbocycles. The summed E-state index contributed by atoms with van der Waals surface area (Å²) in [6.07, 6.45) is 2.12. The van der Waals surface area contributed by atoms with Gasteiger partial charge in [-0.25, -0.2) is 4.79 Å². The molecule has 0 heterocycles. The van der Waals surface area contributed by atoms with E-state index in [1.54, 1.807) is 20.8 Å². The van der Waals surface area contributed by atoms with Gasteiger partial charge in [0.05, 0.1) is 6.04 Å². The topological polar surface area (TPSA) is 120 Å². The van der Waals surface area contributed by atoms with Crippen LogP contribution in [0.4, 0.5) is 4.79 Å². The van der Waals surface area contributed by atoms with Crippen molar-refractivity contribution in [1.82, 2.24) is 5.32 Å². The number of alkyl carbamates (subject to hydrolysis) is 1. The van der Waals surface area contributed by atoms with Crippen molar-refractivity contribution in [2.75, 3.05) is 6.54 Å². The van der Waals surface area contributed by atoms with Crippen molar-refractivity contribution >= 4 is 18.3 Å². The zero-order chi connectivity index (χ0) is 14.9. The number of unbranched alkanes of at least 4 members (excludes halogenated alkanes) is 1. The maximum Gasteiger partial charge on any atom is 0.408 e. The van der Waals surface area contributed by atoms with Crippen molar-refractivity contribution in [3.63, 3.8) is 0 Å². The van der Waals surface area contributed by atoms with Crippen molar-refractivity contribution in [3.8, 4) is 0 Å². The van der Waals surface area contributed by atoms with Crippen LogP contribution in [0.25, 0.3) is 0 Å². The molecule has 0 radical (unpaired) electrons. The van der Waals surface area contributed by atoms with Gasteiger partial charge in [-0.3, -0.25) is 4.99 Å². The number of aliphatic imine (C=N–C) groups is 1. The molecule has 1 amide bonds. The second-order valence-corrected chi connectivity index (χ2v) is 5.19. The Morgan fingerprint density at radius 3 is 2.47 bits per heavy atom. The number of guanidine groups is 1. The first kappa shape index (κ1) is 17.2. The number of nitrogens with one attached hydrogen (secondary N) is 1. The number of ether oxygens (including phenoxy) is 1. The van der Waals surface area contributed by atoms with E-state index >= 15 is 0 Å². The van der Waals surface area contributed by atoms with Gasteiger partial charge in [-0.1, -0.05) is 0 Å². The average molecular weight is 272 g/mol. The zero-order valence-corrected chi connectivity index (χ0v) is 11.8. The number of carbonyl (C=O) groups excluding carboxylic acids is 2. The minimum atomic E-state index is -0.589. The van der Waals surface area contributed by atoms with E-state index in [2.05, 4.69) is 10.3 Å². The van der Waals surface area contributed by atoms with Gasteiger partial charge in [-0.15, -0.1) is 0 Å². The SMILES string of the molecule is CC(C)(C)OC(=O)N[C@H](C=O)CCCCN=C(N)N. The first-order chi connectivity index (χ1) is 8.74. The molecule has 1 atom stereocenters. The summed E-state index contributed by atoms with van der Waals surface area (Å²) in [6.45, 7) is 5.80. The summed E-state index contributed by atoms with van der Waals surface area (Å²) in [4.78, 5) is 26.1. The maximum atomic E-state index is 11.5. The minimum Gasteiger partial charge on any atom is -0.444 e. The van der Waals surface area contributed by atoms with E-state index in [4.69, 9.17) is 16.2 Å². The Balaban J connectivity index is 3.92. The third-order valence-electron chi connectivity index (χ3n) is 2.08. The van der Waals surface area contributed by atoms with Gasteiger partial charge >= 0.3 is 6.09 Å². The Morgan fingerprint density at radius 1 is 1.37 bits per heavy atom. The highest BCUT2D eigenvalue weighted by Gasteiger charge is 2.18. The molecule has 0 aliphatic carbocycles. The van der Waals surface area contributed by atoms with Crippen molar-refractivity contribution in [2.24, 2.45) is 16.5 Å². The van der Waals surface area contributed by atoms with Crippen LogP contribution in [-0.2, 0) is 9.53 Å². The Labute approximate surface area is 113 Å². The predicted octanol–water partition coefficient (Wildman–Crippen LogP) is 0.522. The Hall–Kier alpha value is -1.79. The minimum absolute atomic E-state index is 0.0545. The van der Waals surface area contributed by atoms with Gasteiger partial charge in [0.15, 0.2) is 5.96 Å². The van der Waals surface area contributed by atoms with Crippen molar-refractivity contribution in [2.45, 2.75) is 51.7 Å². The first-order valence-electron chi connectivity index (χ1n) is 6.25. The van der Waals surface area contributed by atoms with Crippen LogP contribution in [0.5, 0.6) is 0 Å². The normalized spacial score (nSPS) is 12.4. The third kappa shape index (κ3) is 11.1. The Morgan fingerprint density at radius 2 is 2.00 bits per heavy atom. The van der Waals surface area contributed by atoms with Gasteiger partial charge < -0.3 is 26.3 Å². The fourth-order valence-electron chi connectivity index (χ4n) is 1.32. The fraction of sp³-hybridized carbons (Fsp3) is 0.750. The summed E-state index contributed by atoms with van der Waals surface area (Å²) in [7, 11) is 0. The van der Waals surface area contributed by atoms with E-state index < -0.39 is 17.7 Å². The monoisotopic (exact) mass is 272 g/mol. The molecule has 0 rings (SSSR count). The summed E-state index contributed by atoms with van der Waals surface area (Å²) in [6, 6.07) is -0.547. The molecule has 0 aliphatic rings. The molecule has 19 heavy (non-hydrogen) atoms. The highest BCUT2D eigenvalue weighted by atomic mass is 16.6. The van der Waals surface area contributed by atoms with Crippen LogP contribution in [0.3, 0.4) is 0 Å². The molecule has 0 bridgehead atoms. The smallest absolute Gasteiger partial charge is 0.408 e. The molecular weight excluding hydrogens is 248 g/mol. The summed E-state index contributed by atoms with van der Waals surface area (Å²) in [5, 5.41) is 2.51. The first-order valence-corrected chi connectivity index (χ1v) is 6.25. The molecule has 0 aromatic heterocycles. The molecular formula is C12H24N4O3. The molecule has 0 aliphatic heterocycles. The largest absolute Gasteiger partial charge is 0.444 e. The van der Waals surface area contributed by atoms with E-state index in [0.717, 1.165) is 12.8 Å². The number of nitrogens with zero attached hydrogens (tertiary/aromatic N) is 1. The van der Waals surface area contributed by atoms with Crippen LogP contribution < -0.4 is 16.8 Å². The predicted molar refractivity (Wildman–Crippen MR) is 73.7 cm³/mol. The lowest BCUT2D eigenvalue weighted by atomic mass is 10.1. The lowest BCUT2D eigenvalue weighted by Crippen LogP contribution is -2.39. The standard InChI is InChI=1S/C12H24N4O3/c1-12(2,3)19-11(18)16-9(8-17)6-4-5-7-15-10(13)14/h8-9H,4-7H2,1-3H3,(H,16,18)(H4,13,14,15)/t9-/m0/s1. The second-order valence-electron chi connectivity index (χ2n) is 5.19. The number of hydrogen-bond donors (Lipinski definition) is 3. The quantitative estimate of drug-likeness (QED) is 0.270. The van der Waals surface area contributed by atoms with E-state index in [0.29, 0.717) is 19.3 Å². The number of rotatable bonds is 7.